The van der Waals surface area contributed by atoms with Crippen LogP contribution < -0.4 is 4.74 Å². The van der Waals surface area contributed by atoms with Gasteiger partial charge < -0.3 is 9.84 Å². The molecule has 1 aromatic heterocycles. The van der Waals surface area contributed by atoms with Gasteiger partial charge in [-0.3, -0.25) is 0 Å². The average Bonchev–Trinajstić information content (AvgIpc) is 3.01. The van der Waals surface area contributed by atoms with Crippen molar-refractivity contribution in [3.63, 3.8) is 0 Å². The fourth-order valence-corrected chi connectivity index (χ4v) is 2.78. The van der Waals surface area contributed by atoms with Crippen molar-refractivity contribution in [2.45, 2.75) is 26.2 Å². The van der Waals surface area contributed by atoms with Gasteiger partial charge in [-0.25, -0.2) is 5.10 Å². The van der Waals surface area contributed by atoms with E-state index in [1.54, 1.807) is 29.1 Å². The zero-order chi connectivity index (χ0) is 19.6. The van der Waals surface area contributed by atoms with Gasteiger partial charge in [-0.1, -0.05) is 45.0 Å². The van der Waals surface area contributed by atoms with E-state index in [9.17, 15) is 5.11 Å². The predicted octanol–water partition coefficient (Wildman–Crippen LogP) is 4.50. The van der Waals surface area contributed by atoms with Crippen LogP contribution in [0, 0.1) is 4.77 Å². The first-order valence-corrected chi connectivity index (χ1v) is 8.90. The molecule has 3 aromatic rings. The van der Waals surface area contributed by atoms with Crippen LogP contribution in [0.2, 0.25) is 0 Å². The molecular weight excluding hydrogens is 360 g/mol. The zero-order valence-corrected chi connectivity index (χ0v) is 16.5. The lowest BCUT2D eigenvalue weighted by molar-refractivity contribution is 0.373. The van der Waals surface area contributed by atoms with Crippen LogP contribution in [0.3, 0.4) is 0 Å². The van der Waals surface area contributed by atoms with Crippen LogP contribution >= 0.6 is 12.2 Å². The number of nitrogens with one attached hydrogen (secondary N) is 1. The van der Waals surface area contributed by atoms with Crippen molar-refractivity contribution in [3.8, 4) is 22.9 Å². The second kappa shape index (κ2) is 7.36. The average molecular weight is 382 g/mol. The van der Waals surface area contributed by atoms with Crippen LogP contribution in [0.15, 0.2) is 47.6 Å². The van der Waals surface area contributed by atoms with Gasteiger partial charge in [0.05, 0.1) is 13.3 Å². The van der Waals surface area contributed by atoms with E-state index in [2.05, 4.69) is 48.2 Å². The highest BCUT2D eigenvalue weighted by molar-refractivity contribution is 7.71. The quantitative estimate of drug-likeness (QED) is 0.514. The molecule has 6 nitrogen and oxygen atoms in total. The van der Waals surface area contributed by atoms with E-state index in [1.165, 1.54) is 12.7 Å². The molecule has 0 saturated heterocycles. The number of rotatable bonds is 4. The molecule has 0 fully saturated rings. The van der Waals surface area contributed by atoms with Crippen LogP contribution in [-0.2, 0) is 5.41 Å². The lowest BCUT2D eigenvalue weighted by atomic mass is 9.87. The summed E-state index contributed by atoms with van der Waals surface area (Å²) in [6, 6.07) is 13.2. The summed E-state index contributed by atoms with van der Waals surface area (Å²) < 4.78 is 7.09. The van der Waals surface area contributed by atoms with Crippen LogP contribution in [0.25, 0.3) is 11.4 Å². The molecule has 0 aliphatic heterocycles. The minimum absolute atomic E-state index is 0.0780. The Balaban J connectivity index is 1.94. The van der Waals surface area contributed by atoms with Crippen LogP contribution in [0.1, 0.15) is 31.9 Å². The maximum atomic E-state index is 9.70. The Morgan fingerprint density at radius 2 is 1.89 bits per heavy atom. The fourth-order valence-electron chi connectivity index (χ4n) is 2.60. The highest BCUT2D eigenvalue weighted by Gasteiger charge is 2.14. The molecular formula is C20H22N4O2S. The van der Waals surface area contributed by atoms with Crippen molar-refractivity contribution >= 4 is 18.4 Å². The van der Waals surface area contributed by atoms with Crippen LogP contribution in [-0.4, -0.2) is 33.3 Å². The van der Waals surface area contributed by atoms with Gasteiger partial charge in [0, 0.05) is 5.56 Å². The number of benzene rings is 2. The maximum absolute atomic E-state index is 9.70. The molecule has 2 aromatic carbocycles. The largest absolute Gasteiger partial charge is 0.504 e. The number of phenols is 1. The molecule has 7 heteroatoms. The number of methoxy groups -OCH3 is 1. The lowest BCUT2D eigenvalue weighted by Gasteiger charge is -2.18. The first-order chi connectivity index (χ1) is 12.8. The smallest absolute Gasteiger partial charge is 0.216 e. The van der Waals surface area contributed by atoms with Crippen molar-refractivity contribution < 1.29 is 9.84 Å². The molecule has 0 aliphatic carbocycles. The van der Waals surface area contributed by atoms with Gasteiger partial charge in [0.15, 0.2) is 17.3 Å². The summed E-state index contributed by atoms with van der Waals surface area (Å²) in [6.07, 6.45) is 1.64. The van der Waals surface area contributed by atoms with Gasteiger partial charge in [-0.05, 0) is 47.0 Å². The molecule has 0 bridgehead atoms. The summed E-state index contributed by atoms with van der Waals surface area (Å²) >= 11 is 5.31. The van der Waals surface area contributed by atoms with Crippen molar-refractivity contribution in [1.82, 2.24) is 14.9 Å². The van der Waals surface area contributed by atoms with Gasteiger partial charge in [0.25, 0.3) is 0 Å². The van der Waals surface area contributed by atoms with E-state index >= 15 is 0 Å². The lowest BCUT2D eigenvalue weighted by Crippen LogP contribution is -2.10. The summed E-state index contributed by atoms with van der Waals surface area (Å²) in [6.45, 7) is 6.52. The molecule has 0 radical (unpaired) electrons. The Hall–Kier alpha value is -2.93. The molecule has 140 valence electrons. The van der Waals surface area contributed by atoms with E-state index in [1.807, 2.05) is 12.1 Å². The van der Waals surface area contributed by atoms with E-state index in [0.717, 1.165) is 11.1 Å². The molecule has 2 N–H and O–H groups in total. The Kier molecular flexibility index (Phi) is 5.14. The molecule has 1 heterocycles. The molecule has 0 saturated carbocycles. The molecule has 0 amide bonds. The third kappa shape index (κ3) is 4.09. The molecule has 0 spiro atoms. The number of hydrogen-bond donors (Lipinski definition) is 2. The first kappa shape index (κ1) is 18.8. The summed E-state index contributed by atoms with van der Waals surface area (Å²) in [5.41, 5.74) is 3.00. The van der Waals surface area contributed by atoms with Gasteiger partial charge in [-0.15, -0.1) is 0 Å². The van der Waals surface area contributed by atoms with E-state index in [0.29, 0.717) is 16.3 Å². The van der Waals surface area contributed by atoms with Crippen molar-refractivity contribution in [1.29, 1.82) is 0 Å². The fraction of sp³-hybridized carbons (Fsp3) is 0.250. The van der Waals surface area contributed by atoms with Crippen molar-refractivity contribution in [3.05, 3.63) is 58.4 Å². The summed E-state index contributed by atoms with van der Waals surface area (Å²) in [7, 11) is 1.50. The standard InChI is InChI=1S/C20H22N4O2S/c1-20(2,3)15-8-6-14(7-9-15)18-22-23-19(27)24(18)21-12-13-5-10-16(25)17(11-13)26-4/h5-12,25H,1-4H3,(H,23,27). The number of hydrogen-bond acceptors (Lipinski definition) is 5. The number of nitrogens with zero attached hydrogens (tertiary/aromatic N) is 3. The number of aromatic amines is 1. The summed E-state index contributed by atoms with van der Waals surface area (Å²) in [5, 5.41) is 21.2. The Bertz CT molecular complexity index is 1030. The second-order valence-corrected chi connectivity index (χ2v) is 7.55. The topological polar surface area (TPSA) is 75.4 Å². The summed E-state index contributed by atoms with van der Waals surface area (Å²) in [5.74, 6) is 1.09. The normalized spacial score (nSPS) is 11.9. The van der Waals surface area contributed by atoms with Crippen LogP contribution in [0.5, 0.6) is 11.5 Å². The number of aromatic hydroxyl groups is 1. The van der Waals surface area contributed by atoms with Crippen molar-refractivity contribution in [2.24, 2.45) is 5.10 Å². The molecule has 0 unspecified atom stereocenters. The van der Waals surface area contributed by atoms with Gasteiger partial charge >= 0.3 is 0 Å². The zero-order valence-electron chi connectivity index (χ0n) is 15.7. The SMILES string of the molecule is COc1cc(C=Nn2c(-c3ccc(C(C)(C)C)cc3)n[nH]c2=S)ccc1O. The van der Waals surface area contributed by atoms with Gasteiger partial charge in [-0.2, -0.15) is 14.9 Å². The monoisotopic (exact) mass is 382 g/mol. The maximum Gasteiger partial charge on any atom is 0.216 e. The van der Waals surface area contributed by atoms with Gasteiger partial charge in [0.2, 0.25) is 4.77 Å². The minimum Gasteiger partial charge on any atom is -0.504 e. The Morgan fingerprint density at radius 3 is 2.52 bits per heavy atom. The highest BCUT2D eigenvalue weighted by Crippen LogP contribution is 2.27. The molecule has 27 heavy (non-hydrogen) atoms. The minimum atomic E-state index is 0.0780. The van der Waals surface area contributed by atoms with E-state index in [-0.39, 0.29) is 11.2 Å². The summed E-state index contributed by atoms with van der Waals surface area (Å²) in [4.78, 5) is 0. The number of H-pyrrole nitrogens is 1. The van der Waals surface area contributed by atoms with Gasteiger partial charge in [0.1, 0.15) is 0 Å². The van der Waals surface area contributed by atoms with Crippen LogP contribution in [0.4, 0.5) is 0 Å². The molecule has 0 atom stereocenters. The second-order valence-electron chi connectivity index (χ2n) is 7.17. The number of phenolic OH excluding ortho intramolecular Hbond substituents is 1. The third-order valence-electron chi connectivity index (χ3n) is 4.19. The van der Waals surface area contributed by atoms with Crippen molar-refractivity contribution in [2.75, 3.05) is 7.11 Å². The third-order valence-corrected chi connectivity index (χ3v) is 4.45. The number of aromatic nitrogens is 3. The molecule has 0 aliphatic rings. The predicted molar refractivity (Wildman–Crippen MR) is 109 cm³/mol. The molecule has 3 rings (SSSR count). The van der Waals surface area contributed by atoms with E-state index < -0.39 is 0 Å². The number of ether oxygens (including phenoxy) is 1. The van der Waals surface area contributed by atoms with E-state index in [4.69, 9.17) is 17.0 Å². The highest BCUT2D eigenvalue weighted by atomic mass is 32.1. The Morgan fingerprint density at radius 1 is 1.19 bits per heavy atom. The first-order valence-electron chi connectivity index (χ1n) is 8.49. The Labute approximate surface area is 163 Å².